The molecule has 1 aliphatic rings. The second-order valence-corrected chi connectivity index (χ2v) is 4.52. The lowest BCUT2D eigenvalue weighted by Crippen LogP contribution is -1.99. The first-order valence-corrected chi connectivity index (χ1v) is 4.84. The Morgan fingerprint density at radius 3 is 3.00 bits per heavy atom. The van der Waals surface area contributed by atoms with Crippen LogP contribution >= 0.6 is 0 Å². The molecule has 0 bridgehead atoms. The summed E-state index contributed by atoms with van der Waals surface area (Å²) < 4.78 is 23.6. The van der Waals surface area contributed by atoms with Crippen molar-refractivity contribution in [3.05, 3.63) is 24.0 Å². The lowest BCUT2D eigenvalue weighted by molar-refractivity contribution is 0.593. The summed E-state index contributed by atoms with van der Waals surface area (Å²) in [6.07, 6.45) is 1.79. The van der Waals surface area contributed by atoms with Crippen molar-refractivity contribution < 1.29 is 8.42 Å². The molecule has 2 rings (SSSR count). The Morgan fingerprint density at radius 1 is 1.50 bits per heavy atom. The molecule has 2 heterocycles. The number of hydrogen-bond acceptors (Lipinski definition) is 2. The van der Waals surface area contributed by atoms with Crippen molar-refractivity contribution >= 4 is 9.84 Å². The average Bonchev–Trinajstić information content (AvgIpc) is 2.20. The number of hydrogen-bond donors (Lipinski definition) is 0. The number of sulfone groups is 1. The molecule has 0 saturated heterocycles. The second-order valence-electron chi connectivity index (χ2n) is 2.49. The molecular formula is C6H7NO2S. The lowest BCUT2D eigenvalue weighted by Gasteiger charge is -1.89. The van der Waals surface area contributed by atoms with E-state index in [-0.39, 0.29) is 11.6 Å². The Hall–Kier alpha value is -0.770. The molecule has 0 amide bonds. The van der Waals surface area contributed by atoms with Gasteiger partial charge in [-0.25, -0.2) is 8.42 Å². The summed E-state index contributed by atoms with van der Waals surface area (Å²) >= 11 is 0. The van der Waals surface area contributed by atoms with E-state index in [0.717, 1.165) is 5.69 Å². The molecule has 0 unspecified atom stereocenters. The molecule has 0 fully saturated rings. The Labute approximate surface area is 59.2 Å². The van der Waals surface area contributed by atoms with Crippen LogP contribution in [0.2, 0.25) is 0 Å². The topological polar surface area (TPSA) is 39.1 Å². The molecule has 4 heteroatoms. The molecule has 1 aromatic rings. The van der Waals surface area contributed by atoms with Crippen LogP contribution in [0.3, 0.4) is 0 Å². The fraction of sp³-hybridized carbons (Fsp3) is 0.333. The van der Waals surface area contributed by atoms with Gasteiger partial charge in [-0.2, -0.15) is 0 Å². The summed E-state index contributed by atoms with van der Waals surface area (Å²) in [5.41, 5.74) is 0.903. The fourth-order valence-corrected chi connectivity index (χ4v) is 2.67. The molecule has 0 N–H and O–H groups in total. The van der Waals surface area contributed by atoms with Crippen molar-refractivity contribution in [3.63, 3.8) is 0 Å². The number of nitrogens with zero attached hydrogens (tertiary/aromatic N) is 1. The van der Waals surface area contributed by atoms with Crippen molar-refractivity contribution in [1.82, 2.24) is 4.57 Å². The van der Waals surface area contributed by atoms with Gasteiger partial charge in [0.1, 0.15) is 5.88 Å². The van der Waals surface area contributed by atoms with Crippen LogP contribution in [0, 0.1) is 0 Å². The van der Waals surface area contributed by atoms with E-state index in [9.17, 15) is 8.42 Å². The van der Waals surface area contributed by atoms with Gasteiger partial charge in [-0.1, -0.05) is 0 Å². The van der Waals surface area contributed by atoms with E-state index < -0.39 is 9.84 Å². The fourth-order valence-electron chi connectivity index (χ4n) is 1.19. The highest BCUT2D eigenvalue weighted by molar-refractivity contribution is 7.89. The minimum Gasteiger partial charge on any atom is -0.336 e. The van der Waals surface area contributed by atoms with Crippen LogP contribution in [0.4, 0.5) is 0 Å². The zero-order chi connectivity index (χ0) is 7.19. The van der Waals surface area contributed by atoms with Crippen molar-refractivity contribution in [1.29, 1.82) is 0 Å². The van der Waals surface area contributed by atoms with Gasteiger partial charge in [-0.15, -0.1) is 0 Å². The quantitative estimate of drug-likeness (QED) is 0.546. The average molecular weight is 157 g/mol. The summed E-state index contributed by atoms with van der Waals surface area (Å²) in [5.74, 6) is 0.370. The maximum absolute atomic E-state index is 10.9. The normalized spacial score (nSPS) is 20.8. The summed E-state index contributed by atoms with van der Waals surface area (Å²) in [4.78, 5) is 0. The summed E-state index contributed by atoms with van der Waals surface area (Å²) in [7, 11) is -2.80. The molecular weight excluding hydrogens is 150 g/mol. The van der Waals surface area contributed by atoms with Crippen LogP contribution in [0.5, 0.6) is 0 Å². The van der Waals surface area contributed by atoms with Gasteiger partial charge in [0.2, 0.25) is 0 Å². The lowest BCUT2D eigenvalue weighted by atomic mass is 10.5. The number of rotatable bonds is 0. The predicted octanol–water partition coefficient (Wildman–Crippen LogP) is 0.374. The monoisotopic (exact) mass is 157 g/mol. The largest absolute Gasteiger partial charge is 0.336 e. The molecule has 1 aliphatic heterocycles. The molecule has 10 heavy (non-hydrogen) atoms. The molecule has 0 spiro atoms. The zero-order valence-electron chi connectivity index (χ0n) is 5.32. The van der Waals surface area contributed by atoms with Crippen LogP contribution in [-0.4, -0.2) is 13.0 Å². The molecule has 0 radical (unpaired) electrons. The minimum atomic E-state index is -2.80. The van der Waals surface area contributed by atoms with Gasteiger partial charge in [0.05, 0.1) is 5.75 Å². The molecule has 1 aromatic heterocycles. The first-order chi connectivity index (χ1) is 4.67. The van der Waals surface area contributed by atoms with Crippen LogP contribution in [0.25, 0.3) is 0 Å². The summed E-state index contributed by atoms with van der Waals surface area (Å²) in [6.45, 7) is 0. The first-order valence-electron chi connectivity index (χ1n) is 3.02. The van der Waals surface area contributed by atoms with E-state index in [4.69, 9.17) is 0 Å². The van der Waals surface area contributed by atoms with Gasteiger partial charge in [0, 0.05) is 11.9 Å². The molecule has 54 valence electrons. The van der Waals surface area contributed by atoms with Crippen LogP contribution < -0.4 is 0 Å². The van der Waals surface area contributed by atoms with Gasteiger partial charge in [0.15, 0.2) is 9.84 Å². The van der Waals surface area contributed by atoms with Crippen molar-refractivity contribution in [3.8, 4) is 0 Å². The van der Waals surface area contributed by atoms with E-state index in [1.807, 2.05) is 12.1 Å². The molecule has 0 aromatic carbocycles. The van der Waals surface area contributed by atoms with Crippen molar-refractivity contribution in [2.24, 2.45) is 0 Å². The third kappa shape index (κ3) is 0.759. The summed E-state index contributed by atoms with van der Waals surface area (Å²) in [6, 6.07) is 3.70. The minimum absolute atomic E-state index is 0.162. The number of aromatic nitrogens is 1. The van der Waals surface area contributed by atoms with E-state index in [2.05, 4.69) is 0 Å². The zero-order valence-corrected chi connectivity index (χ0v) is 6.13. The highest BCUT2D eigenvalue weighted by Crippen LogP contribution is 2.17. The summed E-state index contributed by atoms with van der Waals surface area (Å²) in [5, 5.41) is 0. The standard InChI is InChI=1S/C6H7NO2S/c8-10(9)4-6-2-1-3-7(6)5-10/h1-3H,4-5H2. The SMILES string of the molecule is O=S1(=O)Cc2cccn2C1. The molecule has 0 aliphatic carbocycles. The Kier molecular flexibility index (Phi) is 0.976. The van der Waals surface area contributed by atoms with Crippen LogP contribution in [0.15, 0.2) is 18.3 Å². The van der Waals surface area contributed by atoms with Gasteiger partial charge in [0.25, 0.3) is 0 Å². The van der Waals surface area contributed by atoms with E-state index in [0.29, 0.717) is 0 Å². The second kappa shape index (κ2) is 1.63. The Bertz CT molecular complexity index is 323. The van der Waals surface area contributed by atoms with Gasteiger partial charge >= 0.3 is 0 Å². The Morgan fingerprint density at radius 2 is 2.30 bits per heavy atom. The van der Waals surface area contributed by atoms with Crippen LogP contribution in [-0.2, 0) is 21.5 Å². The van der Waals surface area contributed by atoms with Crippen molar-refractivity contribution in [2.75, 3.05) is 0 Å². The third-order valence-electron chi connectivity index (χ3n) is 1.63. The van der Waals surface area contributed by atoms with Gasteiger partial charge < -0.3 is 4.57 Å². The van der Waals surface area contributed by atoms with Crippen LogP contribution in [0.1, 0.15) is 5.69 Å². The molecule has 0 saturated carbocycles. The predicted molar refractivity (Wildman–Crippen MR) is 37.1 cm³/mol. The molecule has 0 atom stereocenters. The van der Waals surface area contributed by atoms with E-state index >= 15 is 0 Å². The van der Waals surface area contributed by atoms with Gasteiger partial charge in [-0.3, -0.25) is 0 Å². The third-order valence-corrected chi connectivity index (χ3v) is 3.03. The van der Waals surface area contributed by atoms with Gasteiger partial charge in [-0.05, 0) is 12.1 Å². The number of fused-ring (bicyclic) bond motifs is 1. The highest BCUT2D eigenvalue weighted by Gasteiger charge is 2.22. The van der Waals surface area contributed by atoms with E-state index in [1.165, 1.54) is 0 Å². The maximum atomic E-state index is 10.9. The highest BCUT2D eigenvalue weighted by atomic mass is 32.2. The van der Waals surface area contributed by atoms with Crippen molar-refractivity contribution in [2.45, 2.75) is 11.6 Å². The smallest absolute Gasteiger partial charge is 0.174 e. The van der Waals surface area contributed by atoms with E-state index in [1.54, 1.807) is 10.8 Å². The first kappa shape index (κ1) is 5.97. The Balaban J connectivity index is 2.56. The maximum Gasteiger partial charge on any atom is 0.174 e. The molecule has 3 nitrogen and oxygen atoms in total.